The summed E-state index contributed by atoms with van der Waals surface area (Å²) in [5, 5.41) is 24.6. The first-order chi connectivity index (χ1) is 21.2. The average molecular weight is 663 g/mol. The molecule has 17 heteroatoms. The topological polar surface area (TPSA) is 200 Å². The molecule has 242 valence electrons. The molecule has 0 spiro atoms. The van der Waals surface area contributed by atoms with Gasteiger partial charge in [0.25, 0.3) is 11.8 Å². The van der Waals surface area contributed by atoms with Crippen LogP contribution in [0.5, 0.6) is 11.5 Å². The summed E-state index contributed by atoms with van der Waals surface area (Å²) in [6.45, 7) is 5.72. The van der Waals surface area contributed by atoms with Crippen molar-refractivity contribution in [3.63, 3.8) is 0 Å². The molecule has 2 amide bonds. The van der Waals surface area contributed by atoms with Crippen molar-refractivity contribution in [1.29, 1.82) is 0 Å². The van der Waals surface area contributed by atoms with Gasteiger partial charge in [-0.15, -0.1) is 0 Å². The summed E-state index contributed by atoms with van der Waals surface area (Å²) in [5.74, 6) is -0.825. The maximum atomic E-state index is 11.9. The zero-order valence-electron chi connectivity index (χ0n) is 24.6. The predicted octanol–water partition coefficient (Wildman–Crippen LogP) is 1.56. The van der Waals surface area contributed by atoms with Crippen LogP contribution in [0.15, 0.2) is 48.8 Å². The van der Waals surface area contributed by atoms with Crippen molar-refractivity contribution < 1.29 is 41.4 Å². The van der Waals surface area contributed by atoms with Gasteiger partial charge in [-0.25, -0.2) is 18.1 Å². The molecule has 3 aliphatic rings. The molecule has 15 nitrogen and oxygen atoms in total. The number of aryl methyl sites for hydroxylation is 1. The molecule has 3 fully saturated rings. The summed E-state index contributed by atoms with van der Waals surface area (Å²) < 4.78 is 59.8. The average Bonchev–Trinajstić information content (AvgIpc) is 3.75. The molecule has 1 unspecified atom stereocenters. The zero-order valence-corrected chi connectivity index (χ0v) is 26.2. The molecule has 0 bridgehead atoms. The molecule has 3 aliphatic heterocycles. The lowest BCUT2D eigenvalue weighted by molar-refractivity contribution is -0.118. The Labute approximate surface area is 260 Å². The van der Waals surface area contributed by atoms with E-state index in [0.717, 1.165) is 39.1 Å². The molecule has 45 heavy (non-hydrogen) atoms. The summed E-state index contributed by atoms with van der Waals surface area (Å²) in [6, 6.07) is 9.45. The third-order valence-corrected chi connectivity index (χ3v) is 10.2. The second-order valence-electron chi connectivity index (χ2n) is 11.3. The van der Waals surface area contributed by atoms with Crippen molar-refractivity contribution >= 4 is 43.6 Å². The van der Waals surface area contributed by atoms with E-state index in [9.17, 15) is 36.6 Å². The van der Waals surface area contributed by atoms with Crippen molar-refractivity contribution in [3.05, 3.63) is 54.4 Å². The quantitative estimate of drug-likeness (QED) is 0.288. The van der Waals surface area contributed by atoms with Crippen molar-refractivity contribution in [2.24, 2.45) is 5.92 Å². The first kappa shape index (κ1) is 32.1. The van der Waals surface area contributed by atoms with E-state index < -0.39 is 32.2 Å². The van der Waals surface area contributed by atoms with Crippen LogP contribution < -0.4 is 18.1 Å². The van der Waals surface area contributed by atoms with E-state index in [1.54, 1.807) is 18.3 Å². The van der Waals surface area contributed by atoms with E-state index >= 15 is 0 Å². The van der Waals surface area contributed by atoms with Crippen molar-refractivity contribution in [2.45, 2.75) is 39.2 Å². The van der Waals surface area contributed by atoms with Crippen LogP contribution in [-0.2, 0) is 41.3 Å². The number of rotatable bonds is 7. The minimum Gasteiger partial charge on any atom is -0.506 e. The number of hydrogen-bond donors (Lipinski definition) is 4. The van der Waals surface area contributed by atoms with Gasteiger partial charge in [0.1, 0.15) is 24.6 Å². The smallest absolute Gasteiger partial charge is 0.326 e. The maximum absolute atomic E-state index is 11.9. The number of benzene rings is 2. The van der Waals surface area contributed by atoms with Crippen LogP contribution in [0.3, 0.4) is 0 Å². The Balaban J connectivity index is 0.000000182. The largest absolute Gasteiger partial charge is 0.506 e. The maximum Gasteiger partial charge on any atom is 0.326 e. The highest BCUT2D eigenvalue weighted by Crippen LogP contribution is 2.36. The molecule has 1 aromatic heterocycles. The Morgan fingerprint density at radius 3 is 2.00 bits per heavy atom. The number of carbonyl (C=O) groups excluding carboxylic acids is 2. The van der Waals surface area contributed by atoms with Gasteiger partial charge in [0, 0.05) is 30.8 Å². The van der Waals surface area contributed by atoms with Crippen LogP contribution >= 0.6 is 0 Å². The Bertz CT molecular complexity index is 1820. The van der Waals surface area contributed by atoms with Gasteiger partial charge >= 0.3 is 20.4 Å². The molecule has 1 atom stereocenters. The van der Waals surface area contributed by atoms with Gasteiger partial charge < -0.3 is 14.9 Å². The van der Waals surface area contributed by atoms with Gasteiger partial charge in [-0.2, -0.15) is 21.9 Å². The summed E-state index contributed by atoms with van der Waals surface area (Å²) >= 11 is 0. The summed E-state index contributed by atoms with van der Waals surface area (Å²) in [6.07, 6.45) is 5.47. The minimum absolute atomic E-state index is 0.0642. The van der Waals surface area contributed by atoms with Crippen LogP contribution in [-0.4, -0.2) is 74.9 Å². The molecule has 4 heterocycles. The normalized spacial score (nSPS) is 20.2. The fourth-order valence-electron chi connectivity index (χ4n) is 5.06. The van der Waals surface area contributed by atoms with Crippen LogP contribution in [0, 0.1) is 5.92 Å². The molecular weight excluding hydrogens is 628 g/mol. The van der Waals surface area contributed by atoms with E-state index in [0.29, 0.717) is 24.7 Å². The monoisotopic (exact) mass is 662 g/mol. The highest BCUT2D eigenvalue weighted by atomic mass is 32.2. The lowest BCUT2D eigenvalue weighted by atomic mass is 9.98. The second-order valence-corrected chi connectivity index (χ2v) is 14.5. The number of ether oxygens (including phenoxy) is 1. The molecule has 2 aromatic carbocycles. The van der Waals surface area contributed by atoms with Gasteiger partial charge in [-0.1, -0.05) is 26.0 Å². The Morgan fingerprint density at radius 1 is 0.911 bits per heavy atom. The van der Waals surface area contributed by atoms with Crippen molar-refractivity contribution in [2.75, 3.05) is 34.9 Å². The minimum atomic E-state index is -3.94. The highest BCUT2D eigenvalue weighted by molar-refractivity contribution is 7.92. The molecule has 0 radical (unpaired) electrons. The number of aromatic nitrogens is 2. The number of phenolic OH excluding ortho intramolecular Hbond substituents is 2. The lowest BCUT2D eigenvalue weighted by Gasteiger charge is -2.17. The number of amides is 2. The summed E-state index contributed by atoms with van der Waals surface area (Å²) in [7, 11) is -7.84. The van der Waals surface area contributed by atoms with Crippen LogP contribution in [0.1, 0.15) is 38.2 Å². The van der Waals surface area contributed by atoms with Crippen molar-refractivity contribution in [1.82, 2.24) is 19.2 Å². The fraction of sp³-hybridized carbons (Fsp3) is 0.393. The van der Waals surface area contributed by atoms with E-state index in [1.807, 2.05) is 20.3 Å². The second kappa shape index (κ2) is 12.6. The first-order valence-electron chi connectivity index (χ1n) is 14.2. The highest BCUT2D eigenvalue weighted by Gasteiger charge is 2.36. The van der Waals surface area contributed by atoms with Gasteiger partial charge in [0.2, 0.25) is 0 Å². The standard InChI is InChI=1S/C16H20N4O4S.C12H14N2O5S/c1-11(2)5-6-19-9-13(8-17-19)12-3-4-14(15(21)7-12)20-10-16(22)18-25(20,23)24;15-11-5-8(9-3-4-19-7-9)1-2-10(11)14-6-12(16)13-20(14,17)18/h3-4,7-9,11,21H,5-6,10H2,1-2H3,(H,18,22);1-2,5,9,15H,3-4,6-7H2,(H,13,16). The van der Waals surface area contributed by atoms with Crippen LogP contribution in [0.4, 0.5) is 11.4 Å². The first-order valence-corrected chi connectivity index (χ1v) is 17.0. The van der Waals surface area contributed by atoms with Gasteiger partial charge in [0.15, 0.2) is 0 Å². The number of aromatic hydroxyl groups is 2. The molecule has 3 saturated heterocycles. The molecule has 0 aliphatic carbocycles. The van der Waals surface area contributed by atoms with Gasteiger partial charge in [-0.05, 0) is 54.2 Å². The third kappa shape index (κ3) is 7.15. The van der Waals surface area contributed by atoms with E-state index in [4.69, 9.17) is 4.74 Å². The molecule has 6 rings (SSSR count). The Morgan fingerprint density at radius 2 is 1.51 bits per heavy atom. The number of phenols is 2. The number of nitrogens with one attached hydrogen (secondary N) is 2. The molecular formula is C28H34N6O9S2. The SMILES string of the molecule is CC(C)CCn1cc(-c2ccc(N3CC(=O)NS3(=O)=O)c(O)c2)cn1.O=C1CN(c2ccc(C3CCOC3)cc2O)S(=O)(=O)N1. The van der Waals surface area contributed by atoms with Gasteiger partial charge in [0.05, 0.1) is 24.2 Å². The van der Waals surface area contributed by atoms with Crippen LogP contribution in [0.25, 0.3) is 11.1 Å². The fourth-order valence-corrected chi connectivity index (χ4v) is 7.39. The van der Waals surface area contributed by atoms with Crippen LogP contribution in [0.2, 0.25) is 0 Å². The Hall–Kier alpha value is -4.35. The summed E-state index contributed by atoms with van der Waals surface area (Å²) in [4.78, 5) is 22.5. The van der Waals surface area contributed by atoms with E-state index in [-0.39, 0.29) is 41.9 Å². The lowest BCUT2D eigenvalue weighted by Crippen LogP contribution is -2.29. The number of hydrogen-bond acceptors (Lipinski definition) is 10. The van der Waals surface area contributed by atoms with Gasteiger partial charge in [-0.3, -0.25) is 14.3 Å². The molecule has 3 aromatic rings. The molecule has 4 N–H and O–H groups in total. The number of anilines is 2. The van der Waals surface area contributed by atoms with Crippen molar-refractivity contribution in [3.8, 4) is 22.6 Å². The third-order valence-electron chi connectivity index (χ3n) is 7.46. The van der Waals surface area contributed by atoms with E-state index in [2.05, 4.69) is 18.9 Å². The molecule has 0 saturated carbocycles. The Kier molecular flexibility index (Phi) is 8.95. The number of nitrogens with zero attached hydrogens (tertiary/aromatic N) is 4. The number of carbonyl (C=O) groups is 2. The summed E-state index contributed by atoms with van der Waals surface area (Å²) in [5.41, 5.74) is 2.61. The van der Waals surface area contributed by atoms with E-state index in [1.165, 1.54) is 24.3 Å². The predicted molar refractivity (Wildman–Crippen MR) is 164 cm³/mol. The zero-order chi connectivity index (χ0) is 32.5.